The van der Waals surface area contributed by atoms with Crippen molar-refractivity contribution in [2.45, 2.75) is 511 Å². The van der Waals surface area contributed by atoms with Crippen LogP contribution in [0.2, 0.25) is 28.1 Å². The van der Waals surface area contributed by atoms with Crippen LogP contribution in [0.3, 0.4) is 0 Å². The van der Waals surface area contributed by atoms with E-state index in [1.54, 1.807) is 52.3 Å². The molecular formula is C99H172N4S2Sn2. The average Bonchev–Trinajstić information content (AvgIpc) is 1.51. The van der Waals surface area contributed by atoms with Crippen LogP contribution in [-0.2, 0) is 10.8 Å². The number of rotatable bonds is 71. The first-order chi connectivity index (χ1) is 52.6. The van der Waals surface area contributed by atoms with Gasteiger partial charge in [0.1, 0.15) is 0 Å². The summed E-state index contributed by atoms with van der Waals surface area (Å²) < 4.78 is 30.2. The molecule has 0 N–H and O–H groups in total. The van der Waals surface area contributed by atoms with Crippen LogP contribution >= 0.6 is 23.5 Å². The topological polar surface area (TPSA) is 51.6 Å². The minimum atomic E-state index is -3.13. The van der Waals surface area contributed by atoms with Gasteiger partial charge in [0.2, 0.25) is 0 Å². The summed E-state index contributed by atoms with van der Waals surface area (Å²) in [4.78, 5) is 8.01. The standard InChI is InChI=1S/C84H136N4S2.3C4H9.3CH3.2Sn/c1-5-9-13-17-21-25-29-33-37-41-45-49-53-57-65-83(66-58-54-50-46-42-38-34-30-26-22-18-14-10-6-2)73-61-63-77-81(87-89-85-77)79(73)71-70-76-72(69-75(71)83)80-74(62-64-78-82(80)88-90-86-78)84(76,67-59-55-51-47-43-39-35-31-27-23-19-15-11-7-3)68-60-56-52-48-44-40-36-32-28-24-20-16-12-8-4;3*1-3-4-2;;;;;/h61-62,69-70H,5-60,65-68H2,1-4H3;3*1,3-4H2,2H3;3*1H3;;. The zero-order valence-corrected chi connectivity index (χ0v) is 80.0. The first-order valence-corrected chi connectivity index (χ1v) is 67.3. The van der Waals surface area contributed by atoms with Gasteiger partial charge in [0.05, 0.1) is 0 Å². The van der Waals surface area contributed by atoms with Crippen LogP contribution < -0.4 is 7.16 Å². The van der Waals surface area contributed by atoms with Gasteiger partial charge < -0.3 is 0 Å². The molecule has 2 heterocycles. The van der Waals surface area contributed by atoms with Gasteiger partial charge in [0.25, 0.3) is 0 Å². The van der Waals surface area contributed by atoms with Crippen molar-refractivity contribution >= 4 is 89.4 Å². The normalized spacial score (nSPS) is 13.8. The fraction of sp³-hybridized carbons (Fsp3) is 0.818. The summed E-state index contributed by atoms with van der Waals surface area (Å²) in [5.41, 5.74) is 18.0. The van der Waals surface area contributed by atoms with E-state index in [1.807, 2.05) is 0 Å². The van der Waals surface area contributed by atoms with Crippen molar-refractivity contribution in [3.8, 4) is 22.3 Å². The van der Waals surface area contributed by atoms with Crippen molar-refractivity contribution in [3.05, 3.63) is 46.5 Å². The summed E-state index contributed by atoms with van der Waals surface area (Å²) in [5.74, 6) is 0. The summed E-state index contributed by atoms with van der Waals surface area (Å²) in [5, 5.41) is 0. The molecule has 7 rings (SSSR count). The van der Waals surface area contributed by atoms with Gasteiger partial charge in [-0.2, -0.15) is 0 Å². The molecule has 0 atom stereocenters. The van der Waals surface area contributed by atoms with E-state index < -0.39 is 36.8 Å². The SMILES string of the molecule is CCCCCCCCCCCCCCCCC1(CCCCCCCCCCCCCCCC)c2cc3c(cc2-c2c1c[c]([Sn]([CH3])([CH3])[CH3])c1nsnc21)C(CCCCCCCCCCCCCCCC)(CCCCCCCCCCCCCCCC)c1c[c]([Sn]([CH2]CCC)([CH2]CCC)[CH2]CCC)c2nsnc2c1-3. The number of benzene rings is 3. The van der Waals surface area contributed by atoms with Gasteiger partial charge >= 0.3 is 479 Å². The van der Waals surface area contributed by atoms with E-state index in [9.17, 15) is 0 Å². The monoisotopic (exact) mass is 1720 g/mol. The molecule has 2 aromatic heterocycles. The Hall–Kier alpha value is -1.10. The molecule has 608 valence electrons. The van der Waals surface area contributed by atoms with E-state index in [1.165, 1.54) is 482 Å². The molecule has 107 heavy (non-hydrogen) atoms. The van der Waals surface area contributed by atoms with Crippen molar-refractivity contribution in [1.29, 1.82) is 0 Å². The second-order valence-corrected chi connectivity index (χ2v) is 65.5. The van der Waals surface area contributed by atoms with Gasteiger partial charge in [-0.1, -0.05) is 207 Å². The molecule has 3 aromatic carbocycles. The van der Waals surface area contributed by atoms with Gasteiger partial charge in [-0.25, -0.2) is 0 Å². The molecule has 2 aliphatic carbocycles. The molecule has 0 amide bonds. The Bertz CT molecular complexity index is 3010. The van der Waals surface area contributed by atoms with Crippen LogP contribution in [0.5, 0.6) is 0 Å². The molecule has 0 bridgehead atoms. The molecule has 0 fully saturated rings. The summed E-state index contributed by atoms with van der Waals surface area (Å²) >= 11 is -2.83. The van der Waals surface area contributed by atoms with Crippen LogP contribution in [0, 0.1) is 0 Å². The van der Waals surface area contributed by atoms with E-state index in [0.29, 0.717) is 0 Å². The third-order valence-corrected chi connectivity index (χ3v) is 49.4. The van der Waals surface area contributed by atoms with E-state index in [0.717, 1.165) is 0 Å². The first kappa shape index (κ1) is 93.1. The zero-order chi connectivity index (χ0) is 75.9. The van der Waals surface area contributed by atoms with E-state index >= 15 is 0 Å². The van der Waals surface area contributed by atoms with Crippen molar-refractivity contribution in [2.24, 2.45) is 0 Å². The van der Waals surface area contributed by atoms with E-state index in [2.05, 4.69) is 87.6 Å². The van der Waals surface area contributed by atoms with Gasteiger partial charge in [0.15, 0.2) is 0 Å². The summed E-state index contributed by atoms with van der Waals surface area (Å²) in [6.07, 6.45) is 91.7. The molecular weight excluding hydrogens is 1550 g/mol. The number of aromatic nitrogens is 4. The number of hydrogen-bond acceptors (Lipinski definition) is 6. The molecule has 8 heteroatoms. The molecule has 5 aromatic rings. The van der Waals surface area contributed by atoms with Crippen LogP contribution in [0.1, 0.15) is 494 Å². The Labute approximate surface area is 680 Å². The van der Waals surface area contributed by atoms with Gasteiger partial charge in [0, 0.05) is 0 Å². The number of hydrogen-bond donors (Lipinski definition) is 0. The predicted molar refractivity (Wildman–Crippen MR) is 488 cm³/mol. The molecule has 0 spiro atoms. The van der Waals surface area contributed by atoms with E-state index in [4.69, 9.17) is 17.5 Å². The van der Waals surface area contributed by atoms with Crippen LogP contribution in [0.15, 0.2) is 24.3 Å². The third kappa shape index (κ3) is 29.5. The molecule has 4 nitrogen and oxygen atoms in total. The average molecular weight is 1720 g/mol. The molecule has 2 aliphatic rings. The molecule has 0 saturated heterocycles. The van der Waals surface area contributed by atoms with Crippen molar-refractivity contribution in [3.63, 3.8) is 0 Å². The maximum atomic E-state index is 5.75. The zero-order valence-electron chi connectivity index (χ0n) is 72.7. The Balaban J connectivity index is 1.32. The quantitative estimate of drug-likeness (QED) is 0.0288. The Morgan fingerprint density at radius 3 is 0.673 bits per heavy atom. The Kier molecular flexibility index (Phi) is 47.6. The predicted octanol–water partition coefficient (Wildman–Crippen LogP) is 34.3. The van der Waals surface area contributed by atoms with Crippen LogP contribution in [-0.4, -0.2) is 54.2 Å². The first-order valence-electron chi connectivity index (χ1n) is 48.4. The van der Waals surface area contributed by atoms with Gasteiger partial charge in [-0.15, -0.1) is 0 Å². The van der Waals surface area contributed by atoms with Gasteiger partial charge in [-0.3, -0.25) is 0 Å². The van der Waals surface area contributed by atoms with Crippen LogP contribution in [0.25, 0.3) is 44.3 Å². The second kappa shape index (κ2) is 54.7. The Morgan fingerprint density at radius 2 is 0.439 bits per heavy atom. The van der Waals surface area contributed by atoms with Crippen molar-refractivity contribution in [1.82, 2.24) is 17.5 Å². The molecule has 0 unspecified atom stereocenters. The molecule has 0 aliphatic heterocycles. The van der Waals surface area contributed by atoms with Crippen molar-refractivity contribution in [2.75, 3.05) is 0 Å². The summed E-state index contributed by atoms with van der Waals surface area (Å²) in [7, 11) is 0. The fourth-order valence-corrected chi connectivity index (χ4v) is 42.6. The summed E-state index contributed by atoms with van der Waals surface area (Å²) in [6.45, 7) is 16.8. The molecule has 0 radical (unpaired) electrons. The molecule has 0 saturated carbocycles. The van der Waals surface area contributed by atoms with Gasteiger partial charge in [-0.05, 0) is 0 Å². The van der Waals surface area contributed by atoms with Crippen molar-refractivity contribution < 1.29 is 0 Å². The minimum absolute atomic E-state index is 0.0578. The van der Waals surface area contributed by atoms with E-state index in [-0.39, 0.29) is 10.8 Å². The third-order valence-electron chi connectivity index (χ3n) is 27.1. The second-order valence-electron chi connectivity index (χ2n) is 36.9. The Morgan fingerprint density at radius 1 is 0.234 bits per heavy atom. The summed E-state index contributed by atoms with van der Waals surface area (Å²) in [6, 6.07) is 11.8. The fourth-order valence-electron chi connectivity index (χ4n) is 20.4. The number of fused-ring (bicyclic) bond motifs is 10. The number of nitrogens with zero attached hydrogens (tertiary/aromatic N) is 4. The van der Waals surface area contributed by atoms with Crippen LogP contribution in [0.4, 0.5) is 0 Å². The maximum absolute atomic E-state index is 5.75. The number of unbranched alkanes of at least 4 members (excludes halogenated alkanes) is 55.